The molecule has 0 saturated carbocycles. The van der Waals surface area contributed by atoms with E-state index in [-0.39, 0.29) is 29.4 Å². The number of halogens is 1. The smallest absolute Gasteiger partial charge is 0.305 e. The Kier molecular flexibility index (Phi) is 7.41. The van der Waals surface area contributed by atoms with Crippen LogP contribution in [0.3, 0.4) is 0 Å². The lowest BCUT2D eigenvalue weighted by atomic mass is 10.1. The number of carbonyl (C=O) groups excluding carboxylic acids is 1. The number of carbonyl (C=O) groups is 1. The summed E-state index contributed by atoms with van der Waals surface area (Å²) >= 11 is 0. The number of methoxy groups -OCH3 is 1. The average molecular weight is 439 g/mol. The molecular weight excluding hydrogens is 411 g/mol. The van der Waals surface area contributed by atoms with Crippen molar-refractivity contribution >= 4 is 21.7 Å². The number of unbranched alkanes of at least 4 members (excludes halogenated alkanes) is 2. The summed E-state index contributed by atoms with van der Waals surface area (Å²) in [7, 11) is -2.27. The molecule has 1 N–H and O–H groups in total. The number of sulfonamides is 1. The molecule has 1 aromatic heterocycles. The van der Waals surface area contributed by atoms with E-state index in [9.17, 15) is 17.6 Å². The van der Waals surface area contributed by atoms with E-state index >= 15 is 0 Å². The largest absolute Gasteiger partial charge is 0.469 e. The van der Waals surface area contributed by atoms with E-state index in [0.29, 0.717) is 25.1 Å². The summed E-state index contributed by atoms with van der Waals surface area (Å²) in [6.07, 6.45) is 5.74. The fraction of sp³-hybridized carbons (Fsp3) is 0.550. The number of rotatable bonds is 9. The zero-order valence-electron chi connectivity index (χ0n) is 17.1. The minimum absolute atomic E-state index is 0.0821. The molecule has 0 saturated heterocycles. The van der Waals surface area contributed by atoms with Crippen LogP contribution in [0.1, 0.15) is 50.8 Å². The van der Waals surface area contributed by atoms with E-state index in [1.807, 2.05) is 4.57 Å². The summed E-state index contributed by atoms with van der Waals surface area (Å²) in [5.74, 6) is 0.399. The minimum atomic E-state index is -3.59. The summed E-state index contributed by atoms with van der Waals surface area (Å²) in [5, 5.41) is 8.35. The third-order valence-corrected chi connectivity index (χ3v) is 6.48. The Morgan fingerprint density at radius 3 is 2.83 bits per heavy atom. The summed E-state index contributed by atoms with van der Waals surface area (Å²) in [5.41, 5.74) is 0.515. The van der Waals surface area contributed by atoms with E-state index in [1.54, 1.807) is 0 Å². The molecule has 30 heavy (non-hydrogen) atoms. The topological polar surface area (TPSA) is 103 Å². The van der Waals surface area contributed by atoms with Gasteiger partial charge in [-0.05, 0) is 43.9 Å². The quantitative estimate of drug-likeness (QED) is 0.476. The van der Waals surface area contributed by atoms with Gasteiger partial charge in [0.2, 0.25) is 10.0 Å². The fourth-order valence-electron chi connectivity index (χ4n) is 3.52. The van der Waals surface area contributed by atoms with Crippen molar-refractivity contribution in [2.75, 3.05) is 17.6 Å². The van der Waals surface area contributed by atoms with Gasteiger partial charge in [-0.2, -0.15) is 0 Å². The van der Waals surface area contributed by atoms with Crippen LogP contribution in [0.5, 0.6) is 0 Å². The third-order valence-electron chi connectivity index (χ3n) is 5.11. The maximum absolute atomic E-state index is 14.5. The van der Waals surface area contributed by atoms with Crippen molar-refractivity contribution in [3.05, 3.63) is 29.8 Å². The van der Waals surface area contributed by atoms with Crippen LogP contribution in [0.15, 0.2) is 18.2 Å². The second-order valence-electron chi connectivity index (χ2n) is 7.40. The van der Waals surface area contributed by atoms with Gasteiger partial charge in [-0.1, -0.05) is 12.8 Å². The first-order valence-electron chi connectivity index (χ1n) is 10.2. The van der Waals surface area contributed by atoms with Crippen LogP contribution in [0, 0.1) is 5.82 Å². The van der Waals surface area contributed by atoms with Crippen LogP contribution in [0.25, 0.3) is 11.4 Å². The van der Waals surface area contributed by atoms with E-state index in [1.165, 1.54) is 25.3 Å². The van der Waals surface area contributed by atoms with Crippen molar-refractivity contribution < 1.29 is 22.3 Å². The van der Waals surface area contributed by atoms with Crippen LogP contribution in [-0.2, 0) is 32.5 Å². The molecule has 0 bridgehead atoms. The molecule has 0 spiro atoms. The molecule has 0 atom stereocenters. The summed E-state index contributed by atoms with van der Waals surface area (Å²) in [4.78, 5) is 11.1. The lowest BCUT2D eigenvalue weighted by molar-refractivity contribution is -0.140. The Morgan fingerprint density at radius 1 is 1.20 bits per heavy atom. The lowest BCUT2D eigenvalue weighted by Crippen LogP contribution is -2.17. The number of ether oxygens (including phenoxy) is 1. The van der Waals surface area contributed by atoms with Crippen molar-refractivity contribution in [1.82, 2.24) is 14.8 Å². The predicted octanol–water partition coefficient (Wildman–Crippen LogP) is 3.29. The monoisotopic (exact) mass is 438 g/mol. The molecule has 1 aromatic carbocycles. The number of hydrogen-bond donors (Lipinski definition) is 1. The SMILES string of the molecule is COC(=O)CCCCCS(=O)(=O)Nc1ccc(F)c(-c2nnc3n2CCCCC3)c1. The summed E-state index contributed by atoms with van der Waals surface area (Å²) in [6.45, 7) is 0.721. The predicted molar refractivity (Wildman–Crippen MR) is 111 cm³/mol. The second kappa shape index (κ2) is 10.0. The maximum Gasteiger partial charge on any atom is 0.305 e. The minimum Gasteiger partial charge on any atom is -0.469 e. The highest BCUT2D eigenvalue weighted by Crippen LogP contribution is 2.28. The van der Waals surface area contributed by atoms with Gasteiger partial charge in [-0.25, -0.2) is 12.8 Å². The standard InChI is InChI=1S/C20H27FN4O4S/c1-29-19(26)9-5-3-7-13-30(27,28)24-15-10-11-17(21)16(14-15)20-23-22-18-8-4-2-6-12-25(18)20/h10-11,14,24H,2-9,12-13H2,1H3. The Bertz CT molecular complexity index is 991. The Balaban J connectivity index is 1.67. The van der Waals surface area contributed by atoms with Gasteiger partial charge >= 0.3 is 5.97 Å². The van der Waals surface area contributed by atoms with Gasteiger partial charge in [0.1, 0.15) is 11.6 Å². The first kappa shape index (κ1) is 22.2. The number of fused-ring (bicyclic) bond motifs is 1. The van der Waals surface area contributed by atoms with Crippen LogP contribution >= 0.6 is 0 Å². The molecule has 0 aliphatic carbocycles. The van der Waals surface area contributed by atoms with Crippen LogP contribution in [0.4, 0.5) is 10.1 Å². The number of aryl methyl sites for hydroxylation is 1. The van der Waals surface area contributed by atoms with Crippen LogP contribution < -0.4 is 4.72 Å². The number of hydrogen-bond acceptors (Lipinski definition) is 6. The van der Waals surface area contributed by atoms with Crippen molar-refractivity contribution in [3.8, 4) is 11.4 Å². The number of nitrogens with zero attached hydrogens (tertiary/aromatic N) is 3. The van der Waals surface area contributed by atoms with Gasteiger partial charge in [0, 0.05) is 25.1 Å². The van der Waals surface area contributed by atoms with Crippen molar-refractivity contribution in [2.45, 2.75) is 57.9 Å². The van der Waals surface area contributed by atoms with Gasteiger partial charge in [0.05, 0.1) is 18.4 Å². The third kappa shape index (κ3) is 5.78. The van der Waals surface area contributed by atoms with Crippen LogP contribution in [0.2, 0.25) is 0 Å². The Hall–Kier alpha value is -2.49. The number of benzene rings is 1. The highest BCUT2D eigenvalue weighted by molar-refractivity contribution is 7.92. The van der Waals surface area contributed by atoms with E-state index in [0.717, 1.165) is 38.1 Å². The van der Waals surface area contributed by atoms with Gasteiger partial charge in [-0.3, -0.25) is 9.52 Å². The molecule has 1 aliphatic rings. The average Bonchev–Trinajstić information content (AvgIpc) is 2.96. The molecule has 0 fully saturated rings. The molecule has 2 heterocycles. The molecule has 10 heteroatoms. The second-order valence-corrected chi connectivity index (χ2v) is 9.25. The molecule has 164 valence electrons. The van der Waals surface area contributed by atoms with Crippen LogP contribution in [-0.4, -0.2) is 42.0 Å². The van der Waals surface area contributed by atoms with E-state index in [2.05, 4.69) is 19.7 Å². The highest BCUT2D eigenvalue weighted by atomic mass is 32.2. The zero-order chi connectivity index (χ0) is 21.6. The molecule has 1 aliphatic heterocycles. The first-order chi connectivity index (χ1) is 14.4. The van der Waals surface area contributed by atoms with Gasteiger partial charge in [0.25, 0.3) is 0 Å². The number of anilines is 1. The number of esters is 1. The lowest BCUT2D eigenvalue weighted by Gasteiger charge is -2.11. The first-order valence-corrected chi connectivity index (χ1v) is 11.8. The molecule has 2 aromatic rings. The molecular formula is C20H27FN4O4S. The highest BCUT2D eigenvalue weighted by Gasteiger charge is 2.20. The normalized spacial score (nSPS) is 14.1. The Labute approximate surface area is 175 Å². The zero-order valence-corrected chi connectivity index (χ0v) is 17.9. The molecule has 3 rings (SSSR count). The fourth-order valence-corrected chi connectivity index (χ4v) is 4.69. The number of nitrogens with one attached hydrogen (secondary N) is 1. The molecule has 0 radical (unpaired) electrons. The Morgan fingerprint density at radius 2 is 2.03 bits per heavy atom. The van der Waals surface area contributed by atoms with Crippen molar-refractivity contribution in [1.29, 1.82) is 0 Å². The molecule has 0 amide bonds. The number of aromatic nitrogens is 3. The van der Waals surface area contributed by atoms with Crippen molar-refractivity contribution in [3.63, 3.8) is 0 Å². The summed E-state index contributed by atoms with van der Waals surface area (Å²) < 4.78 is 48.3. The van der Waals surface area contributed by atoms with Gasteiger partial charge in [-0.15, -0.1) is 10.2 Å². The van der Waals surface area contributed by atoms with E-state index < -0.39 is 15.8 Å². The molecule has 8 nitrogen and oxygen atoms in total. The van der Waals surface area contributed by atoms with Crippen molar-refractivity contribution in [2.24, 2.45) is 0 Å². The molecule has 0 unspecified atom stereocenters. The van der Waals surface area contributed by atoms with Gasteiger partial charge in [0.15, 0.2) is 5.82 Å². The maximum atomic E-state index is 14.5. The summed E-state index contributed by atoms with van der Waals surface area (Å²) in [6, 6.07) is 4.10. The van der Waals surface area contributed by atoms with Gasteiger partial charge < -0.3 is 9.30 Å². The van der Waals surface area contributed by atoms with E-state index in [4.69, 9.17) is 0 Å².